The standard InChI is InChI=1S/C16H29NO/c1-16(2,3)12-14(17)11-15(18)13-9-7-5-4-6-8-10-13/h9,14H,4-8,10-12,17H2,1-3H3. The lowest BCUT2D eigenvalue weighted by atomic mass is 9.85. The van der Waals surface area contributed by atoms with Gasteiger partial charge < -0.3 is 5.73 Å². The molecule has 1 unspecified atom stereocenters. The first-order chi connectivity index (χ1) is 8.38. The molecule has 104 valence electrons. The van der Waals surface area contributed by atoms with E-state index in [0.29, 0.717) is 6.42 Å². The number of rotatable bonds is 4. The normalized spacial score (nSPS) is 19.7. The van der Waals surface area contributed by atoms with E-state index in [0.717, 1.165) is 31.3 Å². The van der Waals surface area contributed by atoms with Crippen LogP contribution in [0.1, 0.15) is 72.1 Å². The molecule has 18 heavy (non-hydrogen) atoms. The maximum Gasteiger partial charge on any atom is 0.160 e. The van der Waals surface area contributed by atoms with Crippen LogP contribution in [0.2, 0.25) is 0 Å². The van der Waals surface area contributed by atoms with Gasteiger partial charge in [0.1, 0.15) is 0 Å². The number of nitrogens with two attached hydrogens (primary N) is 1. The molecule has 2 N–H and O–H groups in total. The van der Waals surface area contributed by atoms with Crippen molar-refractivity contribution < 1.29 is 4.79 Å². The Morgan fingerprint density at radius 1 is 1.28 bits per heavy atom. The van der Waals surface area contributed by atoms with Gasteiger partial charge in [0.05, 0.1) is 0 Å². The second-order valence-corrected chi connectivity index (χ2v) is 6.83. The van der Waals surface area contributed by atoms with E-state index in [1.165, 1.54) is 19.3 Å². The van der Waals surface area contributed by atoms with Gasteiger partial charge in [-0.25, -0.2) is 0 Å². The van der Waals surface area contributed by atoms with E-state index in [9.17, 15) is 4.79 Å². The number of carbonyl (C=O) groups excluding carboxylic acids is 1. The van der Waals surface area contributed by atoms with Crippen molar-refractivity contribution in [2.24, 2.45) is 11.1 Å². The van der Waals surface area contributed by atoms with Crippen molar-refractivity contribution in [3.05, 3.63) is 11.6 Å². The third-order valence-corrected chi connectivity index (χ3v) is 3.47. The zero-order valence-electron chi connectivity index (χ0n) is 12.3. The van der Waals surface area contributed by atoms with Gasteiger partial charge in [-0.05, 0) is 43.1 Å². The summed E-state index contributed by atoms with van der Waals surface area (Å²) in [4.78, 5) is 12.2. The molecule has 0 bridgehead atoms. The van der Waals surface area contributed by atoms with Crippen LogP contribution in [0.5, 0.6) is 0 Å². The van der Waals surface area contributed by atoms with E-state index in [2.05, 4.69) is 26.8 Å². The molecule has 0 aromatic rings. The molecule has 1 rings (SSSR count). The van der Waals surface area contributed by atoms with E-state index >= 15 is 0 Å². The van der Waals surface area contributed by atoms with Gasteiger partial charge in [0.15, 0.2) is 5.78 Å². The summed E-state index contributed by atoms with van der Waals surface area (Å²) in [6.45, 7) is 6.52. The average molecular weight is 251 g/mol. The molecule has 0 heterocycles. The predicted octanol–water partition coefficient (Wildman–Crippen LogP) is 3.99. The van der Waals surface area contributed by atoms with Crippen LogP contribution >= 0.6 is 0 Å². The van der Waals surface area contributed by atoms with E-state index in [-0.39, 0.29) is 17.2 Å². The molecular weight excluding hydrogens is 222 g/mol. The lowest BCUT2D eigenvalue weighted by Crippen LogP contribution is -2.29. The molecule has 2 nitrogen and oxygen atoms in total. The van der Waals surface area contributed by atoms with Crippen molar-refractivity contribution >= 4 is 5.78 Å². The van der Waals surface area contributed by atoms with Crippen molar-refractivity contribution in [1.29, 1.82) is 0 Å². The number of hydrogen-bond donors (Lipinski definition) is 1. The minimum absolute atomic E-state index is 0.00356. The van der Waals surface area contributed by atoms with E-state index in [1.54, 1.807) is 0 Å². The Bertz CT molecular complexity index is 299. The van der Waals surface area contributed by atoms with Crippen LogP contribution in [0.3, 0.4) is 0 Å². The second kappa shape index (κ2) is 7.08. The summed E-state index contributed by atoms with van der Waals surface area (Å²) >= 11 is 0. The SMILES string of the molecule is CC(C)(C)CC(N)CC(=O)C1=CCCCCCC1. The Hall–Kier alpha value is -0.630. The fourth-order valence-corrected chi connectivity index (χ4v) is 2.67. The molecule has 0 aromatic heterocycles. The largest absolute Gasteiger partial charge is 0.327 e. The molecular formula is C16H29NO. The maximum absolute atomic E-state index is 12.2. The quantitative estimate of drug-likeness (QED) is 0.821. The number of hydrogen-bond acceptors (Lipinski definition) is 2. The van der Waals surface area contributed by atoms with Crippen molar-refractivity contribution in [1.82, 2.24) is 0 Å². The lowest BCUT2D eigenvalue weighted by molar-refractivity contribution is -0.116. The summed E-state index contributed by atoms with van der Waals surface area (Å²) in [5, 5.41) is 0. The summed E-state index contributed by atoms with van der Waals surface area (Å²) in [6.07, 6.45) is 10.6. The monoisotopic (exact) mass is 251 g/mol. The topological polar surface area (TPSA) is 43.1 Å². The predicted molar refractivity (Wildman–Crippen MR) is 77.5 cm³/mol. The first-order valence-corrected chi connectivity index (χ1v) is 7.36. The van der Waals surface area contributed by atoms with Gasteiger partial charge in [0, 0.05) is 12.5 Å². The lowest BCUT2D eigenvalue weighted by Gasteiger charge is -2.23. The summed E-state index contributed by atoms with van der Waals surface area (Å²) in [7, 11) is 0. The smallest absolute Gasteiger partial charge is 0.160 e. The Kier molecular flexibility index (Phi) is 6.07. The molecule has 1 aliphatic rings. The maximum atomic E-state index is 12.2. The molecule has 0 aliphatic heterocycles. The molecule has 0 aromatic carbocycles. The van der Waals surface area contributed by atoms with Crippen LogP contribution in [-0.2, 0) is 4.79 Å². The summed E-state index contributed by atoms with van der Waals surface area (Å²) in [5.41, 5.74) is 7.33. The fraction of sp³-hybridized carbons (Fsp3) is 0.812. The Morgan fingerprint density at radius 2 is 1.94 bits per heavy atom. The van der Waals surface area contributed by atoms with Crippen molar-refractivity contribution in [2.75, 3.05) is 0 Å². The highest BCUT2D eigenvalue weighted by Crippen LogP contribution is 2.23. The van der Waals surface area contributed by atoms with Gasteiger partial charge >= 0.3 is 0 Å². The van der Waals surface area contributed by atoms with Crippen molar-refractivity contribution in [3.8, 4) is 0 Å². The van der Waals surface area contributed by atoms with Crippen LogP contribution in [0, 0.1) is 5.41 Å². The minimum atomic E-state index is 0.00356. The highest BCUT2D eigenvalue weighted by atomic mass is 16.1. The van der Waals surface area contributed by atoms with E-state index in [4.69, 9.17) is 5.73 Å². The minimum Gasteiger partial charge on any atom is -0.327 e. The number of ketones is 1. The zero-order chi connectivity index (χ0) is 13.6. The summed E-state index contributed by atoms with van der Waals surface area (Å²) in [5.74, 6) is 0.286. The molecule has 0 fully saturated rings. The Labute approximate surface area is 112 Å². The molecule has 0 saturated carbocycles. The molecule has 0 spiro atoms. The molecule has 0 saturated heterocycles. The summed E-state index contributed by atoms with van der Waals surface area (Å²) < 4.78 is 0. The van der Waals surface area contributed by atoms with Crippen LogP contribution in [0.15, 0.2) is 11.6 Å². The van der Waals surface area contributed by atoms with E-state index < -0.39 is 0 Å². The third kappa shape index (κ3) is 6.34. The number of carbonyl (C=O) groups is 1. The molecule has 0 amide bonds. The molecule has 1 aliphatic carbocycles. The number of Topliss-reactive ketones (excluding diaryl/α,β-unsaturated/α-hetero) is 1. The van der Waals surface area contributed by atoms with Crippen molar-refractivity contribution in [3.63, 3.8) is 0 Å². The number of allylic oxidation sites excluding steroid dienone is 2. The van der Waals surface area contributed by atoms with Crippen LogP contribution in [0.4, 0.5) is 0 Å². The first-order valence-electron chi connectivity index (χ1n) is 7.36. The van der Waals surface area contributed by atoms with Crippen LogP contribution in [-0.4, -0.2) is 11.8 Å². The molecule has 1 atom stereocenters. The second-order valence-electron chi connectivity index (χ2n) is 6.83. The highest BCUT2D eigenvalue weighted by molar-refractivity contribution is 5.95. The first kappa shape index (κ1) is 15.4. The van der Waals surface area contributed by atoms with Crippen molar-refractivity contribution in [2.45, 2.75) is 78.2 Å². The summed E-state index contributed by atoms with van der Waals surface area (Å²) in [6, 6.07) is 0.00356. The Morgan fingerprint density at radius 3 is 2.61 bits per heavy atom. The third-order valence-electron chi connectivity index (χ3n) is 3.47. The Balaban J connectivity index is 2.47. The van der Waals surface area contributed by atoms with Gasteiger partial charge in [-0.15, -0.1) is 0 Å². The van der Waals surface area contributed by atoms with Crippen LogP contribution < -0.4 is 5.73 Å². The molecule has 2 heteroatoms. The van der Waals surface area contributed by atoms with Crippen LogP contribution in [0.25, 0.3) is 0 Å². The van der Waals surface area contributed by atoms with Gasteiger partial charge in [0.2, 0.25) is 0 Å². The van der Waals surface area contributed by atoms with Gasteiger partial charge in [0.25, 0.3) is 0 Å². The highest BCUT2D eigenvalue weighted by Gasteiger charge is 2.20. The van der Waals surface area contributed by atoms with Gasteiger partial charge in [-0.3, -0.25) is 4.79 Å². The van der Waals surface area contributed by atoms with E-state index in [1.807, 2.05) is 0 Å². The molecule has 0 radical (unpaired) electrons. The zero-order valence-corrected chi connectivity index (χ0v) is 12.3. The van der Waals surface area contributed by atoms with Gasteiger partial charge in [-0.2, -0.15) is 0 Å². The van der Waals surface area contributed by atoms with Gasteiger partial charge in [-0.1, -0.05) is 39.7 Å². The fourth-order valence-electron chi connectivity index (χ4n) is 2.67. The average Bonchev–Trinajstić information content (AvgIpc) is 2.12.